The Balaban J connectivity index is 1.30. The van der Waals surface area contributed by atoms with Crippen LogP contribution in [0.3, 0.4) is 0 Å². The molecule has 8 heteroatoms. The van der Waals surface area contributed by atoms with Crippen molar-refractivity contribution >= 4 is 21.6 Å². The fraction of sp³-hybridized carbons (Fsp3) is 0.571. The Morgan fingerprint density at radius 2 is 1.94 bits per heavy atom. The van der Waals surface area contributed by atoms with E-state index in [4.69, 9.17) is 21.1 Å². The largest absolute Gasteiger partial charge is 0.497 e. The van der Waals surface area contributed by atoms with Gasteiger partial charge in [-0.1, -0.05) is 17.7 Å². The Hall–Kier alpha value is -1.64. The van der Waals surface area contributed by atoms with Crippen LogP contribution in [0.2, 0.25) is 5.02 Å². The quantitative estimate of drug-likeness (QED) is 0.605. The monoisotopic (exact) mass is 528 g/mol. The highest BCUT2D eigenvalue weighted by molar-refractivity contribution is 7.89. The first-order chi connectivity index (χ1) is 17.3. The Morgan fingerprint density at radius 1 is 1.14 bits per heavy atom. The number of hydrogen-bond acceptors (Lipinski definition) is 5. The molecule has 0 amide bonds. The van der Waals surface area contributed by atoms with Crippen molar-refractivity contribution < 1.29 is 17.9 Å². The van der Waals surface area contributed by atoms with Crippen molar-refractivity contribution in [2.45, 2.75) is 72.4 Å². The van der Waals surface area contributed by atoms with E-state index in [0.717, 1.165) is 56.9 Å². The third-order valence-corrected chi connectivity index (χ3v) is 11.6. The molecule has 3 saturated heterocycles. The molecule has 3 aliphatic carbocycles. The maximum absolute atomic E-state index is 13.5. The SMILES string of the molecule is COc1ccc2c(c1)[C@]13CCN(CC4CC4)[C@H](C2)[C@]12CC[C@@](NS(=O)(=O)c1ccc(Cl)cc1)(CO2)C3. The fourth-order valence-electron chi connectivity index (χ4n) is 7.94. The number of ether oxygens (including phenoxy) is 2. The van der Waals surface area contributed by atoms with E-state index in [1.807, 2.05) is 0 Å². The smallest absolute Gasteiger partial charge is 0.241 e. The normalized spacial score (nSPS) is 35.2. The number of rotatable bonds is 6. The van der Waals surface area contributed by atoms with Crippen LogP contribution in [0.25, 0.3) is 0 Å². The summed E-state index contributed by atoms with van der Waals surface area (Å²) in [6.45, 7) is 2.60. The van der Waals surface area contributed by atoms with Gasteiger partial charge in [-0.15, -0.1) is 0 Å². The fourth-order valence-corrected chi connectivity index (χ4v) is 9.48. The Bertz CT molecular complexity index is 1300. The summed E-state index contributed by atoms with van der Waals surface area (Å²) in [4.78, 5) is 2.95. The predicted molar refractivity (Wildman–Crippen MR) is 138 cm³/mol. The van der Waals surface area contributed by atoms with Crippen molar-refractivity contribution in [2.24, 2.45) is 5.92 Å². The molecule has 36 heavy (non-hydrogen) atoms. The highest BCUT2D eigenvalue weighted by Gasteiger charge is 2.72. The molecule has 8 rings (SSSR count). The molecular formula is C28H33ClN2O4S. The van der Waals surface area contributed by atoms with Gasteiger partial charge in [0.05, 0.1) is 29.8 Å². The first-order valence-corrected chi connectivity index (χ1v) is 15.0. The average Bonchev–Trinajstić information content (AvgIpc) is 3.69. The Labute approximate surface area is 218 Å². The number of likely N-dealkylation sites (tertiary alicyclic amines) is 1. The van der Waals surface area contributed by atoms with E-state index < -0.39 is 15.6 Å². The zero-order chi connectivity index (χ0) is 24.8. The maximum atomic E-state index is 13.5. The molecule has 6 aliphatic rings. The van der Waals surface area contributed by atoms with Gasteiger partial charge in [0.2, 0.25) is 10.0 Å². The van der Waals surface area contributed by atoms with Crippen LogP contribution in [0.5, 0.6) is 5.75 Å². The Kier molecular flexibility index (Phi) is 5.17. The molecule has 3 heterocycles. The van der Waals surface area contributed by atoms with Gasteiger partial charge in [-0.3, -0.25) is 4.90 Å². The van der Waals surface area contributed by atoms with Crippen LogP contribution >= 0.6 is 11.6 Å². The molecule has 1 N–H and O–H groups in total. The minimum atomic E-state index is -3.73. The van der Waals surface area contributed by atoms with E-state index in [0.29, 0.717) is 17.7 Å². The lowest BCUT2D eigenvalue weighted by atomic mass is 9.45. The number of hydrogen-bond donors (Lipinski definition) is 1. The lowest BCUT2D eigenvalue weighted by molar-refractivity contribution is -0.260. The molecule has 5 fully saturated rings. The van der Waals surface area contributed by atoms with Gasteiger partial charge in [-0.05, 0) is 105 Å². The number of nitrogens with zero attached hydrogens (tertiary/aromatic N) is 1. The van der Waals surface area contributed by atoms with E-state index in [2.05, 4.69) is 27.8 Å². The van der Waals surface area contributed by atoms with E-state index >= 15 is 0 Å². The van der Waals surface area contributed by atoms with Gasteiger partial charge in [-0.2, -0.15) is 0 Å². The number of fused-ring (bicyclic) bond motifs is 3. The second-order valence-electron chi connectivity index (χ2n) is 11.7. The third kappa shape index (κ3) is 3.36. The number of halogens is 1. The molecule has 2 saturated carbocycles. The average molecular weight is 529 g/mol. The summed E-state index contributed by atoms with van der Waals surface area (Å²) in [6.07, 6.45) is 7.03. The number of sulfonamides is 1. The molecule has 0 unspecified atom stereocenters. The third-order valence-electron chi connectivity index (χ3n) is 9.75. The van der Waals surface area contributed by atoms with Gasteiger partial charge in [0.1, 0.15) is 5.75 Å². The first kappa shape index (κ1) is 23.5. The number of methoxy groups -OCH3 is 1. The summed E-state index contributed by atoms with van der Waals surface area (Å²) in [5.74, 6) is 1.68. The van der Waals surface area contributed by atoms with Crippen molar-refractivity contribution in [1.82, 2.24) is 9.62 Å². The molecule has 2 aromatic rings. The highest BCUT2D eigenvalue weighted by atomic mass is 35.5. The van der Waals surface area contributed by atoms with Gasteiger partial charge in [-0.25, -0.2) is 13.1 Å². The zero-order valence-corrected chi connectivity index (χ0v) is 22.2. The summed E-state index contributed by atoms with van der Waals surface area (Å²) >= 11 is 6.02. The van der Waals surface area contributed by atoms with E-state index in [1.165, 1.54) is 24.0 Å². The first-order valence-electron chi connectivity index (χ1n) is 13.1. The van der Waals surface area contributed by atoms with Crippen molar-refractivity contribution in [3.05, 3.63) is 58.6 Å². The molecular weight excluding hydrogens is 496 g/mol. The lowest BCUT2D eigenvalue weighted by Crippen LogP contribution is -2.81. The number of benzene rings is 2. The number of nitrogens with one attached hydrogen (secondary N) is 1. The summed E-state index contributed by atoms with van der Waals surface area (Å²) < 4.78 is 42.8. The van der Waals surface area contributed by atoms with Gasteiger partial charge in [0.15, 0.2) is 0 Å². The van der Waals surface area contributed by atoms with Crippen molar-refractivity contribution in [3.8, 4) is 5.75 Å². The molecule has 4 bridgehead atoms. The van der Waals surface area contributed by atoms with Gasteiger partial charge < -0.3 is 9.47 Å². The summed E-state index contributed by atoms with van der Waals surface area (Å²) in [6, 6.07) is 13.2. The van der Waals surface area contributed by atoms with Crippen molar-refractivity contribution in [2.75, 3.05) is 26.8 Å². The zero-order valence-electron chi connectivity index (χ0n) is 20.6. The highest BCUT2D eigenvalue weighted by Crippen LogP contribution is 2.65. The van der Waals surface area contributed by atoms with Crippen molar-refractivity contribution in [1.29, 1.82) is 0 Å². The van der Waals surface area contributed by atoms with Crippen LogP contribution in [0.1, 0.15) is 49.7 Å². The molecule has 192 valence electrons. The van der Waals surface area contributed by atoms with Crippen LogP contribution in [0.4, 0.5) is 0 Å². The van der Waals surface area contributed by atoms with Gasteiger partial charge >= 0.3 is 0 Å². The summed E-state index contributed by atoms with van der Waals surface area (Å²) in [5, 5.41) is 0.520. The Morgan fingerprint density at radius 3 is 2.64 bits per heavy atom. The topological polar surface area (TPSA) is 67.9 Å². The molecule has 2 aromatic carbocycles. The van der Waals surface area contributed by atoms with Crippen LogP contribution in [-0.2, 0) is 26.6 Å². The van der Waals surface area contributed by atoms with Crippen LogP contribution in [-0.4, -0.2) is 57.3 Å². The predicted octanol–water partition coefficient (Wildman–Crippen LogP) is 4.30. The second-order valence-corrected chi connectivity index (χ2v) is 13.8. The van der Waals surface area contributed by atoms with E-state index in [-0.39, 0.29) is 15.9 Å². The maximum Gasteiger partial charge on any atom is 0.241 e. The molecule has 4 atom stereocenters. The minimum Gasteiger partial charge on any atom is -0.497 e. The van der Waals surface area contributed by atoms with Gasteiger partial charge in [0.25, 0.3) is 0 Å². The van der Waals surface area contributed by atoms with Crippen LogP contribution < -0.4 is 9.46 Å². The molecule has 3 aliphatic heterocycles. The van der Waals surface area contributed by atoms with E-state index in [1.54, 1.807) is 31.4 Å². The second kappa shape index (κ2) is 7.93. The summed E-state index contributed by atoms with van der Waals surface area (Å²) in [7, 11) is -2.01. The molecule has 0 aromatic heterocycles. The molecule has 1 spiro atoms. The van der Waals surface area contributed by atoms with Crippen LogP contribution in [0.15, 0.2) is 47.4 Å². The van der Waals surface area contributed by atoms with Crippen molar-refractivity contribution in [3.63, 3.8) is 0 Å². The minimum absolute atomic E-state index is 0.237. The van der Waals surface area contributed by atoms with E-state index in [9.17, 15) is 8.42 Å². The summed E-state index contributed by atoms with van der Waals surface area (Å²) in [5.41, 5.74) is 1.50. The number of piperidine rings is 1. The molecule has 0 radical (unpaired) electrons. The van der Waals surface area contributed by atoms with Crippen LogP contribution in [0, 0.1) is 5.92 Å². The van der Waals surface area contributed by atoms with Gasteiger partial charge in [0, 0.05) is 23.0 Å². The standard InChI is InChI=1S/C28H33ClN2O4S/c1-34-22-7-4-20-14-25-28-11-10-26(18-35-28,30-36(32,33)23-8-5-21(29)6-9-23)17-27(28,24(20)15-22)12-13-31(25)16-19-2-3-19/h4-9,15,19,25,30H,2-3,10-14,16-18H2,1H3/t25-,26+,27-,28-/m1/s1. The molecule has 6 nitrogen and oxygen atoms in total. The lowest BCUT2D eigenvalue weighted by Gasteiger charge is -2.71.